The summed E-state index contributed by atoms with van der Waals surface area (Å²) in [6.07, 6.45) is 2.36. The zero-order valence-corrected chi connectivity index (χ0v) is 11.2. The number of ether oxygens (including phenoxy) is 2. The molecule has 0 atom stereocenters. The first kappa shape index (κ1) is 13.0. The highest BCUT2D eigenvalue weighted by atomic mass is 16.5. The fraction of sp³-hybridized carbons (Fsp3) is 0.571. The predicted molar refractivity (Wildman–Crippen MR) is 74.2 cm³/mol. The Bertz CT molecular complexity index is 387. The SMILES string of the molecule is COCC1CCN(c2ccc(N)c(OC)c2)CC1. The van der Waals surface area contributed by atoms with Crippen LogP contribution < -0.4 is 15.4 Å². The summed E-state index contributed by atoms with van der Waals surface area (Å²) >= 11 is 0. The number of piperidine rings is 1. The molecule has 1 aliphatic heterocycles. The van der Waals surface area contributed by atoms with Gasteiger partial charge in [0.15, 0.2) is 0 Å². The van der Waals surface area contributed by atoms with E-state index in [9.17, 15) is 0 Å². The molecule has 1 aromatic carbocycles. The highest BCUT2D eigenvalue weighted by molar-refractivity contribution is 5.62. The number of nitrogens with two attached hydrogens (primary N) is 1. The van der Waals surface area contributed by atoms with Crippen molar-refractivity contribution < 1.29 is 9.47 Å². The lowest BCUT2D eigenvalue weighted by Crippen LogP contribution is -2.34. The summed E-state index contributed by atoms with van der Waals surface area (Å²) in [5.74, 6) is 1.45. The second-order valence-corrected chi connectivity index (χ2v) is 4.81. The van der Waals surface area contributed by atoms with Crippen LogP contribution in [-0.2, 0) is 4.74 Å². The van der Waals surface area contributed by atoms with Gasteiger partial charge in [-0.05, 0) is 30.9 Å². The van der Waals surface area contributed by atoms with Gasteiger partial charge in [0.05, 0.1) is 12.8 Å². The molecule has 0 aromatic heterocycles. The quantitative estimate of drug-likeness (QED) is 0.832. The molecular weight excluding hydrogens is 228 g/mol. The Labute approximate surface area is 109 Å². The maximum absolute atomic E-state index is 5.83. The molecular formula is C14H22N2O2. The van der Waals surface area contributed by atoms with E-state index < -0.39 is 0 Å². The van der Waals surface area contributed by atoms with E-state index in [4.69, 9.17) is 15.2 Å². The summed E-state index contributed by atoms with van der Waals surface area (Å²) in [4.78, 5) is 2.38. The van der Waals surface area contributed by atoms with Crippen molar-refractivity contribution in [2.24, 2.45) is 5.92 Å². The largest absolute Gasteiger partial charge is 0.495 e. The molecule has 0 bridgehead atoms. The third-order valence-corrected chi connectivity index (χ3v) is 3.60. The standard InChI is InChI=1S/C14H22N2O2/c1-17-10-11-5-7-16(8-6-11)12-3-4-13(15)14(9-12)18-2/h3-4,9,11H,5-8,10,15H2,1-2H3. The van der Waals surface area contributed by atoms with Gasteiger partial charge in [-0.2, -0.15) is 0 Å². The van der Waals surface area contributed by atoms with Gasteiger partial charge in [0.2, 0.25) is 0 Å². The van der Waals surface area contributed by atoms with Gasteiger partial charge in [-0.1, -0.05) is 0 Å². The van der Waals surface area contributed by atoms with Crippen molar-refractivity contribution in [2.75, 3.05) is 44.5 Å². The topological polar surface area (TPSA) is 47.7 Å². The Kier molecular flexibility index (Phi) is 4.31. The lowest BCUT2D eigenvalue weighted by Gasteiger charge is -2.33. The fourth-order valence-electron chi connectivity index (χ4n) is 2.49. The van der Waals surface area contributed by atoms with E-state index in [-0.39, 0.29) is 0 Å². The summed E-state index contributed by atoms with van der Waals surface area (Å²) in [7, 11) is 3.43. The van der Waals surface area contributed by atoms with E-state index in [1.165, 1.54) is 18.5 Å². The summed E-state index contributed by atoms with van der Waals surface area (Å²) < 4.78 is 10.5. The van der Waals surface area contributed by atoms with Crippen LogP contribution in [0.1, 0.15) is 12.8 Å². The Morgan fingerprint density at radius 2 is 2.00 bits per heavy atom. The average molecular weight is 250 g/mol. The van der Waals surface area contributed by atoms with Crippen LogP contribution in [0.15, 0.2) is 18.2 Å². The molecule has 2 rings (SSSR count). The lowest BCUT2D eigenvalue weighted by molar-refractivity contribution is 0.139. The van der Waals surface area contributed by atoms with Crippen LogP contribution in [-0.4, -0.2) is 33.9 Å². The minimum absolute atomic E-state index is 0.690. The zero-order valence-electron chi connectivity index (χ0n) is 11.2. The van der Waals surface area contributed by atoms with Gasteiger partial charge in [0, 0.05) is 38.6 Å². The highest BCUT2D eigenvalue weighted by Gasteiger charge is 2.19. The van der Waals surface area contributed by atoms with Crippen molar-refractivity contribution in [3.8, 4) is 5.75 Å². The number of hydrogen-bond donors (Lipinski definition) is 1. The van der Waals surface area contributed by atoms with Gasteiger partial charge in [-0.15, -0.1) is 0 Å². The Balaban J connectivity index is 2.01. The summed E-state index contributed by atoms with van der Waals surface area (Å²) in [6.45, 7) is 3.01. The molecule has 4 nitrogen and oxygen atoms in total. The number of rotatable bonds is 4. The van der Waals surface area contributed by atoms with E-state index in [2.05, 4.69) is 11.0 Å². The summed E-state index contributed by atoms with van der Waals surface area (Å²) in [6, 6.07) is 6.00. The van der Waals surface area contributed by atoms with Gasteiger partial charge >= 0.3 is 0 Å². The van der Waals surface area contributed by atoms with E-state index in [0.29, 0.717) is 11.6 Å². The second kappa shape index (κ2) is 5.96. The molecule has 0 spiro atoms. The fourth-order valence-corrected chi connectivity index (χ4v) is 2.49. The molecule has 1 saturated heterocycles. The molecule has 18 heavy (non-hydrogen) atoms. The molecule has 0 unspecified atom stereocenters. The zero-order chi connectivity index (χ0) is 13.0. The van der Waals surface area contributed by atoms with Gasteiger partial charge in [-0.3, -0.25) is 0 Å². The maximum atomic E-state index is 5.83. The number of nitrogens with zero attached hydrogens (tertiary/aromatic N) is 1. The number of hydrogen-bond acceptors (Lipinski definition) is 4. The first-order valence-electron chi connectivity index (χ1n) is 6.42. The van der Waals surface area contributed by atoms with E-state index >= 15 is 0 Å². The second-order valence-electron chi connectivity index (χ2n) is 4.81. The van der Waals surface area contributed by atoms with Crippen LogP contribution in [0.25, 0.3) is 0 Å². The highest BCUT2D eigenvalue weighted by Crippen LogP contribution is 2.30. The first-order chi connectivity index (χ1) is 8.74. The van der Waals surface area contributed by atoms with Crippen molar-refractivity contribution in [2.45, 2.75) is 12.8 Å². The monoisotopic (exact) mass is 250 g/mol. The first-order valence-corrected chi connectivity index (χ1v) is 6.42. The molecule has 1 aromatic rings. The number of nitrogen functional groups attached to an aromatic ring is 1. The van der Waals surface area contributed by atoms with Crippen LogP contribution in [0, 0.1) is 5.92 Å². The summed E-state index contributed by atoms with van der Waals surface area (Å²) in [5, 5.41) is 0. The van der Waals surface area contributed by atoms with Crippen LogP contribution >= 0.6 is 0 Å². The molecule has 1 heterocycles. The Hall–Kier alpha value is -1.42. The van der Waals surface area contributed by atoms with Gasteiger partial charge in [-0.25, -0.2) is 0 Å². The number of methoxy groups -OCH3 is 2. The minimum atomic E-state index is 0.690. The van der Waals surface area contributed by atoms with Gasteiger partial charge in [0.25, 0.3) is 0 Å². The molecule has 4 heteroatoms. The van der Waals surface area contributed by atoms with Crippen molar-refractivity contribution >= 4 is 11.4 Å². The number of benzene rings is 1. The number of anilines is 2. The van der Waals surface area contributed by atoms with Gasteiger partial charge in [0.1, 0.15) is 5.75 Å². The minimum Gasteiger partial charge on any atom is -0.495 e. The van der Waals surface area contributed by atoms with Crippen molar-refractivity contribution in [3.05, 3.63) is 18.2 Å². The van der Waals surface area contributed by atoms with Crippen molar-refractivity contribution in [1.82, 2.24) is 0 Å². The Morgan fingerprint density at radius 3 is 2.61 bits per heavy atom. The molecule has 100 valence electrons. The third kappa shape index (κ3) is 2.88. The van der Waals surface area contributed by atoms with E-state index in [0.717, 1.165) is 25.4 Å². The molecule has 0 radical (unpaired) electrons. The molecule has 2 N–H and O–H groups in total. The Morgan fingerprint density at radius 1 is 1.28 bits per heavy atom. The van der Waals surface area contributed by atoms with Crippen LogP contribution in [0.4, 0.5) is 11.4 Å². The predicted octanol–water partition coefficient (Wildman–Crippen LogP) is 2.14. The normalized spacial score (nSPS) is 16.9. The van der Waals surface area contributed by atoms with Crippen LogP contribution in [0.5, 0.6) is 5.75 Å². The molecule has 0 aliphatic carbocycles. The third-order valence-electron chi connectivity index (χ3n) is 3.60. The van der Waals surface area contributed by atoms with Crippen molar-refractivity contribution in [3.63, 3.8) is 0 Å². The van der Waals surface area contributed by atoms with Gasteiger partial charge < -0.3 is 20.1 Å². The summed E-state index contributed by atoms with van der Waals surface area (Å²) in [5.41, 5.74) is 7.71. The average Bonchev–Trinajstić information content (AvgIpc) is 2.41. The molecule has 0 amide bonds. The lowest BCUT2D eigenvalue weighted by atomic mass is 9.97. The molecule has 1 fully saturated rings. The molecule has 1 aliphatic rings. The van der Waals surface area contributed by atoms with Crippen LogP contribution in [0.2, 0.25) is 0 Å². The smallest absolute Gasteiger partial charge is 0.143 e. The van der Waals surface area contributed by atoms with E-state index in [1.807, 2.05) is 12.1 Å². The van der Waals surface area contributed by atoms with E-state index in [1.54, 1.807) is 14.2 Å². The molecule has 0 saturated carbocycles. The van der Waals surface area contributed by atoms with Crippen LogP contribution in [0.3, 0.4) is 0 Å². The van der Waals surface area contributed by atoms with Crippen molar-refractivity contribution in [1.29, 1.82) is 0 Å². The maximum Gasteiger partial charge on any atom is 0.143 e.